The molecule has 0 radical (unpaired) electrons. The second kappa shape index (κ2) is 7.50. The molecule has 0 spiro atoms. The molecule has 2 atom stereocenters. The Balaban J connectivity index is 2.63. The first-order valence-corrected chi connectivity index (χ1v) is 6.53. The Labute approximate surface area is 119 Å². The average molecular weight is 310 g/mol. The number of benzene rings is 1. The van der Waals surface area contributed by atoms with E-state index in [4.69, 9.17) is 11.6 Å². The van der Waals surface area contributed by atoms with Crippen molar-refractivity contribution in [3.05, 3.63) is 35.9 Å². The number of hydrogen-bond donors (Lipinski definition) is 2. The van der Waals surface area contributed by atoms with E-state index >= 15 is 0 Å². The van der Waals surface area contributed by atoms with Crippen molar-refractivity contribution in [3.63, 3.8) is 0 Å². The topological polar surface area (TPSA) is 49.3 Å². The van der Waals surface area contributed by atoms with Crippen LogP contribution in [0, 0.1) is 0 Å². The van der Waals surface area contributed by atoms with Gasteiger partial charge in [-0.3, -0.25) is 4.79 Å². The molecule has 0 aromatic heterocycles. The average Bonchev–Trinajstić information content (AvgIpc) is 2.42. The van der Waals surface area contributed by atoms with Crippen molar-refractivity contribution in [2.24, 2.45) is 0 Å². The van der Waals surface area contributed by atoms with Gasteiger partial charge in [0, 0.05) is 0 Å². The van der Waals surface area contributed by atoms with E-state index in [0.29, 0.717) is 6.42 Å². The lowest BCUT2D eigenvalue weighted by atomic mass is 10.0. The monoisotopic (exact) mass is 309 g/mol. The molecule has 0 saturated carbocycles. The Morgan fingerprint density at radius 2 is 1.90 bits per heavy atom. The normalized spacial score (nSPS) is 14.7. The van der Waals surface area contributed by atoms with Crippen molar-refractivity contribution in [2.75, 3.05) is 5.88 Å². The third-order valence-corrected chi connectivity index (χ3v) is 3.10. The highest BCUT2D eigenvalue weighted by Crippen LogP contribution is 2.16. The molecule has 2 unspecified atom stereocenters. The van der Waals surface area contributed by atoms with Gasteiger partial charge in [-0.25, -0.2) is 0 Å². The molecule has 0 aliphatic carbocycles. The number of aryl methyl sites for hydroxylation is 1. The summed E-state index contributed by atoms with van der Waals surface area (Å²) >= 11 is 5.44. The minimum Gasteiger partial charge on any atom is -0.390 e. The Kier molecular flexibility index (Phi) is 6.29. The lowest BCUT2D eigenvalue weighted by molar-refractivity contribution is -0.175. The van der Waals surface area contributed by atoms with Crippen LogP contribution in [0.5, 0.6) is 0 Å². The van der Waals surface area contributed by atoms with Crippen LogP contribution >= 0.6 is 11.6 Å². The zero-order valence-corrected chi connectivity index (χ0v) is 11.3. The van der Waals surface area contributed by atoms with E-state index in [1.54, 1.807) is 17.4 Å². The van der Waals surface area contributed by atoms with Gasteiger partial charge >= 0.3 is 12.1 Å². The van der Waals surface area contributed by atoms with Gasteiger partial charge in [-0.2, -0.15) is 13.2 Å². The molecule has 1 rings (SSSR count). The standard InChI is InChI=1S/C13H15ClF3NO2/c14-8-11(19)10(18-12(20)13(15,16)17)7-6-9-4-2-1-3-5-9/h1-5,10-11,19H,6-8H2,(H,18,20). The van der Waals surface area contributed by atoms with Crippen LogP contribution in [-0.2, 0) is 11.2 Å². The van der Waals surface area contributed by atoms with Gasteiger partial charge in [-0.15, -0.1) is 11.6 Å². The molecule has 0 fully saturated rings. The summed E-state index contributed by atoms with van der Waals surface area (Å²) < 4.78 is 36.6. The van der Waals surface area contributed by atoms with Gasteiger partial charge in [0.15, 0.2) is 0 Å². The Morgan fingerprint density at radius 1 is 1.30 bits per heavy atom. The predicted octanol–water partition coefficient (Wildman–Crippen LogP) is 2.27. The lowest BCUT2D eigenvalue weighted by Gasteiger charge is -2.23. The van der Waals surface area contributed by atoms with Crippen LogP contribution in [-0.4, -0.2) is 35.2 Å². The molecule has 112 valence electrons. The zero-order valence-electron chi connectivity index (χ0n) is 10.5. The fourth-order valence-electron chi connectivity index (χ4n) is 1.69. The summed E-state index contributed by atoms with van der Waals surface area (Å²) in [6, 6.07) is 8.01. The van der Waals surface area contributed by atoms with Crippen LogP contribution in [0.1, 0.15) is 12.0 Å². The minimum atomic E-state index is -4.98. The number of halogens is 4. The van der Waals surface area contributed by atoms with Crippen molar-refractivity contribution in [1.82, 2.24) is 5.32 Å². The Hall–Kier alpha value is -1.27. The highest BCUT2D eigenvalue weighted by molar-refractivity contribution is 6.18. The molecule has 1 aromatic rings. The SMILES string of the molecule is O=C(NC(CCc1ccccc1)C(O)CCl)C(F)(F)F. The molecule has 0 heterocycles. The van der Waals surface area contributed by atoms with E-state index in [0.717, 1.165) is 5.56 Å². The van der Waals surface area contributed by atoms with Crippen molar-refractivity contribution in [2.45, 2.75) is 31.2 Å². The molecule has 3 nitrogen and oxygen atoms in total. The first-order chi connectivity index (χ1) is 9.34. The molecule has 0 saturated heterocycles. The van der Waals surface area contributed by atoms with Crippen LogP contribution in [0.25, 0.3) is 0 Å². The quantitative estimate of drug-likeness (QED) is 0.792. The third-order valence-electron chi connectivity index (χ3n) is 2.78. The molecule has 1 aromatic carbocycles. The van der Waals surface area contributed by atoms with E-state index in [9.17, 15) is 23.1 Å². The van der Waals surface area contributed by atoms with E-state index in [1.165, 1.54) is 0 Å². The second-order valence-electron chi connectivity index (χ2n) is 4.32. The number of carbonyl (C=O) groups excluding carboxylic acids is 1. The van der Waals surface area contributed by atoms with Crippen LogP contribution in [0.15, 0.2) is 30.3 Å². The van der Waals surface area contributed by atoms with Crippen LogP contribution in [0.2, 0.25) is 0 Å². The number of hydrogen-bond acceptors (Lipinski definition) is 2. The molecule has 0 aliphatic heterocycles. The summed E-state index contributed by atoms with van der Waals surface area (Å²) in [7, 11) is 0. The molecular weight excluding hydrogens is 295 g/mol. The van der Waals surface area contributed by atoms with E-state index in [-0.39, 0.29) is 12.3 Å². The summed E-state index contributed by atoms with van der Waals surface area (Å²) in [5.41, 5.74) is 0.903. The third kappa shape index (κ3) is 5.38. The maximum Gasteiger partial charge on any atom is 0.471 e. The van der Waals surface area contributed by atoms with E-state index in [2.05, 4.69) is 0 Å². The number of carbonyl (C=O) groups is 1. The molecule has 1 amide bonds. The van der Waals surface area contributed by atoms with Gasteiger partial charge in [-0.05, 0) is 18.4 Å². The zero-order chi connectivity index (χ0) is 15.2. The number of amides is 1. The lowest BCUT2D eigenvalue weighted by Crippen LogP contribution is -2.49. The first-order valence-electron chi connectivity index (χ1n) is 6.00. The summed E-state index contributed by atoms with van der Waals surface area (Å²) in [5, 5.41) is 11.4. The van der Waals surface area contributed by atoms with Gasteiger partial charge in [0.2, 0.25) is 0 Å². The predicted molar refractivity (Wildman–Crippen MR) is 69.5 cm³/mol. The largest absolute Gasteiger partial charge is 0.471 e. The van der Waals surface area contributed by atoms with Crippen molar-refractivity contribution in [3.8, 4) is 0 Å². The fraction of sp³-hybridized carbons (Fsp3) is 0.462. The molecule has 2 N–H and O–H groups in total. The van der Waals surface area contributed by atoms with Crippen LogP contribution < -0.4 is 5.32 Å². The molecular formula is C13H15ClF3NO2. The van der Waals surface area contributed by atoms with Crippen molar-refractivity contribution < 1.29 is 23.1 Å². The van der Waals surface area contributed by atoms with Gasteiger partial charge < -0.3 is 10.4 Å². The number of alkyl halides is 4. The number of rotatable bonds is 6. The molecule has 20 heavy (non-hydrogen) atoms. The Morgan fingerprint density at radius 3 is 2.40 bits per heavy atom. The smallest absolute Gasteiger partial charge is 0.390 e. The van der Waals surface area contributed by atoms with Gasteiger partial charge in [0.05, 0.1) is 18.0 Å². The van der Waals surface area contributed by atoms with Crippen molar-refractivity contribution >= 4 is 17.5 Å². The van der Waals surface area contributed by atoms with Crippen LogP contribution in [0.4, 0.5) is 13.2 Å². The summed E-state index contributed by atoms with van der Waals surface area (Å²) in [5.74, 6) is -2.32. The Bertz CT molecular complexity index is 425. The van der Waals surface area contributed by atoms with Crippen molar-refractivity contribution in [1.29, 1.82) is 0 Å². The fourth-order valence-corrected chi connectivity index (χ4v) is 1.90. The maximum atomic E-state index is 12.2. The number of aliphatic hydroxyl groups is 1. The van der Waals surface area contributed by atoms with Gasteiger partial charge in [0.25, 0.3) is 0 Å². The van der Waals surface area contributed by atoms with Gasteiger partial charge in [-0.1, -0.05) is 30.3 Å². The summed E-state index contributed by atoms with van der Waals surface area (Å²) in [6.07, 6.45) is -5.61. The van der Waals surface area contributed by atoms with E-state index < -0.39 is 24.2 Å². The molecule has 0 aliphatic rings. The maximum absolute atomic E-state index is 12.2. The van der Waals surface area contributed by atoms with Crippen LogP contribution in [0.3, 0.4) is 0 Å². The highest BCUT2D eigenvalue weighted by Gasteiger charge is 2.40. The van der Waals surface area contributed by atoms with E-state index in [1.807, 2.05) is 18.2 Å². The molecule has 7 heteroatoms. The summed E-state index contributed by atoms with van der Waals surface area (Å²) in [4.78, 5) is 10.9. The number of aliphatic hydroxyl groups excluding tert-OH is 1. The first kappa shape index (κ1) is 16.8. The minimum absolute atomic E-state index is 0.166. The summed E-state index contributed by atoms with van der Waals surface area (Å²) in [6.45, 7) is 0. The van der Waals surface area contributed by atoms with Gasteiger partial charge in [0.1, 0.15) is 0 Å². The highest BCUT2D eigenvalue weighted by atomic mass is 35.5. The number of nitrogens with one attached hydrogen (secondary N) is 1. The molecule has 0 bridgehead atoms. The second-order valence-corrected chi connectivity index (χ2v) is 4.63.